The number of anilines is 4. The number of urea groups is 1. The van der Waals surface area contributed by atoms with Crippen molar-refractivity contribution in [1.29, 1.82) is 0 Å². The Morgan fingerprint density at radius 1 is 0.814 bits per heavy atom. The average Bonchev–Trinajstić information content (AvgIpc) is 3.02. The average molecular weight is 578 g/mol. The molecule has 0 spiro atoms. The lowest BCUT2D eigenvalue weighted by molar-refractivity contribution is 0.259. The van der Waals surface area contributed by atoms with Crippen LogP contribution in [0.2, 0.25) is 0 Å². The Balaban J connectivity index is 1.13. The first-order valence-corrected chi connectivity index (χ1v) is 14.5. The van der Waals surface area contributed by atoms with Crippen molar-refractivity contribution in [3.05, 3.63) is 126 Å². The lowest BCUT2D eigenvalue weighted by atomic mass is 10.1. The van der Waals surface area contributed by atoms with Crippen molar-refractivity contribution in [1.82, 2.24) is 9.88 Å². The maximum Gasteiger partial charge on any atom is 0.330 e. The highest BCUT2D eigenvalue weighted by atomic mass is 19.1. The second-order valence-corrected chi connectivity index (χ2v) is 10.8. The minimum atomic E-state index is -0.426. The molecule has 0 radical (unpaired) electrons. The van der Waals surface area contributed by atoms with E-state index in [4.69, 9.17) is 4.98 Å². The Morgan fingerprint density at radius 2 is 1.51 bits per heavy atom. The van der Waals surface area contributed by atoms with Crippen LogP contribution in [-0.4, -0.2) is 48.6 Å². The quantitative estimate of drug-likeness (QED) is 0.217. The number of hydrogen-bond donors (Lipinski definition) is 1. The summed E-state index contributed by atoms with van der Waals surface area (Å²) in [6.07, 6.45) is 0.822. The van der Waals surface area contributed by atoms with Crippen LogP contribution in [0.3, 0.4) is 0 Å². The number of benzene rings is 4. The van der Waals surface area contributed by atoms with Gasteiger partial charge in [-0.25, -0.2) is 13.6 Å². The number of fused-ring (bicyclic) bond motifs is 1. The number of nitrogens with zero attached hydrogens (tertiary/aromatic N) is 4. The van der Waals surface area contributed by atoms with Gasteiger partial charge in [0.1, 0.15) is 11.6 Å². The van der Waals surface area contributed by atoms with E-state index in [0.717, 1.165) is 55.9 Å². The largest absolute Gasteiger partial charge is 0.368 e. The SMILES string of the molecule is Cc1ccc2c(N3CCN(CCc4cccc(N(C(=O)Nc5ccc(F)cc5)c5ccc(F)cc5)c4)CC3)cccc2n1. The van der Waals surface area contributed by atoms with Gasteiger partial charge < -0.3 is 10.2 Å². The molecule has 6 rings (SSSR count). The van der Waals surface area contributed by atoms with Crippen molar-refractivity contribution >= 4 is 39.7 Å². The molecule has 0 aliphatic carbocycles. The molecular formula is C35H33F2N5O. The van der Waals surface area contributed by atoms with Gasteiger partial charge >= 0.3 is 6.03 Å². The van der Waals surface area contributed by atoms with Crippen LogP contribution in [0.15, 0.2) is 103 Å². The molecule has 43 heavy (non-hydrogen) atoms. The van der Waals surface area contributed by atoms with Gasteiger partial charge in [-0.15, -0.1) is 0 Å². The van der Waals surface area contributed by atoms with Crippen molar-refractivity contribution in [2.45, 2.75) is 13.3 Å². The molecule has 2 amide bonds. The van der Waals surface area contributed by atoms with Crippen molar-refractivity contribution < 1.29 is 13.6 Å². The van der Waals surface area contributed by atoms with Crippen molar-refractivity contribution in [2.75, 3.05) is 47.8 Å². The third kappa shape index (κ3) is 6.65. The van der Waals surface area contributed by atoms with Crippen LogP contribution in [0.4, 0.5) is 36.3 Å². The summed E-state index contributed by atoms with van der Waals surface area (Å²) >= 11 is 0. The molecular weight excluding hydrogens is 544 g/mol. The molecule has 1 saturated heterocycles. The van der Waals surface area contributed by atoms with E-state index in [1.807, 2.05) is 25.1 Å². The van der Waals surface area contributed by atoms with E-state index in [1.165, 1.54) is 52.4 Å². The first kappa shape index (κ1) is 28.3. The minimum Gasteiger partial charge on any atom is -0.368 e. The van der Waals surface area contributed by atoms with Gasteiger partial charge in [-0.3, -0.25) is 14.8 Å². The number of piperazine rings is 1. The molecule has 218 valence electrons. The van der Waals surface area contributed by atoms with Crippen LogP contribution in [0.5, 0.6) is 0 Å². The third-order valence-corrected chi connectivity index (χ3v) is 7.83. The van der Waals surface area contributed by atoms with Crippen molar-refractivity contribution in [3.63, 3.8) is 0 Å². The van der Waals surface area contributed by atoms with Crippen LogP contribution in [0.25, 0.3) is 10.9 Å². The van der Waals surface area contributed by atoms with Crippen LogP contribution in [0.1, 0.15) is 11.3 Å². The number of carbonyl (C=O) groups excluding carboxylic acids is 1. The normalized spacial score (nSPS) is 13.7. The number of rotatable bonds is 7. The summed E-state index contributed by atoms with van der Waals surface area (Å²) in [5.74, 6) is -0.771. The summed E-state index contributed by atoms with van der Waals surface area (Å²) < 4.78 is 27.1. The van der Waals surface area contributed by atoms with Crippen LogP contribution >= 0.6 is 0 Å². The van der Waals surface area contributed by atoms with Crippen molar-refractivity contribution in [2.24, 2.45) is 0 Å². The highest BCUT2D eigenvalue weighted by Crippen LogP contribution is 2.29. The summed E-state index contributed by atoms with van der Waals surface area (Å²) in [5.41, 5.74) is 6.02. The highest BCUT2D eigenvalue weighted by molar-refractivity contribution is 6.07. The maximum absolute atomic E-state index is 13.7. The molecule has 1 N–H and O–H groups in total. The number of amides is 2. The fraction of sp³-hybridized carbons (Fsp3) is 0.200. The smallest absolute Gasteiger partial charge is 0.330 e. The molecule has 1 aliphatic heterocycles. The second kappa shape index (κ2) is 12.6. The molecule has 0 atom stereocenters. The van der Waals surface area contributed by atoms with E-state index in [1.54, 1.807) is 12.1 Å². The fourth-order valence-corrected chi connectivity index (χ4v) is 5.55. The molecule has 0 bridgehead atoms. The predicted octanol–water partition coefficient (Wildman–Crippen LogP) is 7.56. The van der Waals surface area contributed by atoms with E-state index >= 15 is 0 Å². The summed E-state index contributed by atoms with van der Waals surface area (Å²) in [5, 5.41) is 4.01. The molecule has 1 fully saturated rings. The zero-order valence-corrected chi connectivity index (χ0v) is 24.0. The van der Waals surface area contributed by atoms with E-state index < -0.39 is 6.03 Å². The maximum atomic E-state index is 13.7. The highest BCUT2D eigenvalue weighted by Gasteiger charge is 2.21. The number of nitrogens with one attached hydrogen (secondary N) is 1. The lowest BCUT2D eigenvalue weighted by Crippen LogP contribution is -2.47. The Labute approximate surface area is 250 Å². The monoisotopic (exact) mass is 577 g/mol. The first-order valence-electron chi connectivity index (χ1n) is 14.5. The minimum absolute atomic E-state index is 0.385. The third-order valence-electron chi connectivity index (χ3n) is 7.83. The second-order valence-electron chi connectivity index (χ2n) is 10.8. The Bertz CT molecular complexity index is 1720. The number of carbonyl (C=O) groups is 1. The molecule has 6 nitrogen and oxygen atoms in total. The van der Waals surface area contributed by atoms with Crippen molar-refractivity contribution in [3.8, 4) is 0 Å². The van der Waals surface area contributed by atoms with E-state index in [-0.39, 0.29) is 11.6 Å². The van der Waals surface area contributed by atoms with Crippen LogP contribution in [-0.2, 0) is 6.42 Å². The topological polar surface area (TPSA) is 51.7 Å². The molecule has 8 heteroatoms. The standard InChI is InChI=1S/C35H33F2N5O/c1-25-8-17-32-33(38-25)6-3-7-34(32)41-22-20-40(21-23-41)19-18-26-4-2-5-31(24-26)42(30-15-11-28(37)12-16-30)35(43)39-29-13-9-27(36)10-14-29/h2-17,24H,18-23H2,1H3,(H,39,43). The Kier molecular flexibility index (Phi) is 8.29. The van der Waals surface area contributed by atoms with Gasteiger partial charge in [0.05, 0.1) is 16.9 Å². The zero-order valence-electron chi connectivity index (χ0n) is 24.0. The molecule has 1 aliphatic rings. The number of pyridine rings is 1. The Morgan fingerprint density at radius 3 is 2.26 bits per heavy atom. The molecule has 5 aromatic rings. The van der Waals surface area contributed by atoms with Crippen LogP contribution < -0.4 is 15.1 Å². The zero-order chi connectivity index (χ0) is 29.8. The van der Waals surface area contributed by atoms with E-state index in [2.05, 4.69) is 51.5 Å². The van der Waals surface area contributed by atoms with Gasteiger partial charge in [0.2, 0.25) is 0 Å². The van der Waals surface area contributed by atoms with E-state index in [0.29, 0.717) is 17.1 Å². The summed E-state index contributed by atoms with van der Waals surface area (Å²) in [6, 6.07) is 29.4. The first-order chi connectivity index (χ1) is 20.9. The molecule has 4 aromatic carbocycles. The number of halogens is 2. The molecule has 1 aromatic heterocycles. The van der Waals surface area contributed by atoms with Gasteiger partial charge in [-0.05, 0) is 104 Å². The number of aryl methyl sites for hydroxylation is 1. The van der Waals surface area contributed by atoms with E-state index in [9.17, 15) is 13.6 Å². The van der Waals surface area contributed by atoms with Gasteiger partial charge in [0, 0.05) is 55.2 Å². The summed E-state index contributed by atoms with van der Waals surface area (Å²) in [4.78, 5) is 24.6. The molecule has 2 heterocycles. The number of aromatic nitrogens is 1. The van der Waals surface area contributed by atoms with Gasteiger partial charge in [-0.2, -0.15) is 0 Å². The molecule has 0 saturated carbocycles. The van der Waals surface area contributed by atoms with Gasteiger partial charge in [0.25, 0.3) is 0 Å². The van der Waals surface area contributed by atoms with Gasteiger partial charge in [0.15, 0.2) is 0 Å². The Hall–Kier alpha value is -4.82. The molecule has 0 unspecified atom stereocenters. The van der Waals surface area contributed by atoms with Crippen LogP contribution in [0, 0.1) is 18.6 Å². The summed E-state index contributed by atoms with van der Waals surface area (Å²) in [7, 11) is 0. The predicted molar refractivity (Wildman–Crippen MR) is 169 cm³/mol. The lowest BCUT2D eigenvalue weighted by Gasteiger charge is -2.36. The number of hydrogen-bond acceptors (Lipinski definition) is 4. The van der Waals surface area contributed by atoms with Gasteiger partial charge in [-0.1, -0.05) is 18.2 Å². The summed E-state index contributed by atoms with van der Waals surface area (Å²) in [6.45, 7) is 6.70. The fourth-order valence-electron chi connectivity index (χ4n) is 5.55.